The number of hydrogen-bond donors (Lipinski definition) is 2. The van der Waals surface area contributed by atoms with Gasteiger partial charge in [-0.25, -0.2) is 4.79 Å². The Hall–Kier alpha value is -2.10. The molecule has 0 saturated carbocycles. The predicted octanol–water partition coefficient (Wildman–Crippen LogP) is 1.60. The number of nitrogens with one attached hydrogen (secondary N) is 1. The molecule has 2 rings (SSSR count). The molecule has 0 radical (unpaired) electrons. The predicted molar refractivity (Wildman–Crippen MR) is 58.6 cm³/mol. The van der Waals surface area contributed by atoms with Crippen LogP contribution in [0, 0.1) is 5.41 Å². The molecule has 0 bridgehead atoms. The van der Waals surface area contributed by atoms with E-state index in [0.29, 0.717) is 5.56 Å². The molecule has 4 nitrogen and oxygen atoms in total. The Kier molecular flexibility index (Phi) is 2.48. The molecule has 0 fully saturated rings. The van der Waals surface area contributed by atoms with Crippen LogP contribution in [0.3, 0.4) is 0 Å². The van der Waals surface area contributed by atoms with Crippen LogP contribution in [0.2, 0.25) is 0 Å². The van der Waals surface area contributed by atoms with E-state index in [4.69, 9.17) is 5.41 Å². The van der Waals surface area contributed by atoms with E-state index in [1.165, 1.54) is 7.11 Å². The molecular weight excluding hydrogens is 206 g/mol. The largest absolute Gasteiger partial charge is 0.511 e. The average Bonchev–Trinajstić information content (AvgIpc) is 2.28. The number of benzene rings is 1. The first-order valence-corrected chi connectivity index (χ1v) is 4.82. The first-order valence-electron chi connectivity index (χ1n) is 4.82. The average molecular weight is 217 g/mol. The number of carbonyl (C=O) groups excluding carboxylic acids is 1. The Labute approximate surface area is 92.7 Å². The van der Waals surface area contributed by atoms with Crippen LogP contribution in [0.5, 0.6) is 0 Å². The summed E-state index contributed by atoms with van der Waals surface area (Å²) >= 11 is 0. The van der Waals surface area contributed by atoms with Crippen LogP contribution in [0.25, 0.3) is 0 Å². The molecule has 1 aromatic carbocycles. The molecular formula is C12H11NO3. The summed E-state index contributed by atoms with van der Waals surface area (Å²) in [6.45, 7) is 0. The van der Waals surface area contributed by atoms with E-state index in [2.05, 4.69) is 4.74 Å². The number of aliphatic hydroxyl groups is 1. The Balaban J connectivity index is 2.52. The minimum atomic E-state index is -0.669. The van der Waals surface area contributed by atoms with Crippen molar-refractivity contribution < 1.29 is 14.6 Å². The maximum Gasteiger partial charge on any atom is 0.343 e. The molecule has 0 aromatic heterocycles. The number of rotatable bonds is 1. The van der Waals surface area contributed by atoms with Gasteiger partial charge in [-0.1, -0.05) is 24.3 Å². The summed E-state index contributed by atoms with van der Waals surface area (Å²) in [5, 5.41) is 17.6. The van der Waals surface area contributed by atoms with Gasteiger partial charge in [0.25, 0.3) is 0 Å². The van der Waals surface area contributed by atoms with Gasteiger partial charge in [-0.2, -0.15) is 0 Å². The van der Waals surface area contributed by atoms with E-state index in [9.17, 15) is 9.90 Å². The molecule has 4 heteroatoms. The maximum absolute atomic E-state index is 11.4. The highest BCUT2D eigenvalue weighted by Crippen LogP contribution is 2.25. The van der Waals surface area contributed by atoms with E-state index in [1.807, 2.05) is 12.1 Å². The van der Waals surface area contributed by atoms with Crippen LogP contribution in [-0.2, 0) is 16.0 Å². The third kappa shape index (κ3) is 1.48. The fraction of sp³-hybridized carbons (Fsp3) is 0.167. The summed E-state index contributed by atoms with van der Waals surface area (Å²) in [6.07, 6.45) is 0.267. The third-order valence-corrected chi connectivity index (χ3v) is 2.57. The van der Waals surface area contributed by atoms with Gasteiger partial charge in [-0.05, 0) is 5.56 Å². The molecule has 1 aromatic rings. The number of aliphatic hydroxyl groups excluding tert-OH is 1. The van der Waals surface area contributed by atoms with Gasteiger partial charge < -0.3 is 9.84 Å². The van der Waals surface area contributed by atoms with Crippen molar-refractivity contribution >= 4 is 11.7 Å². The molecule has 1 aliphatic carbocycles. The molecule has 0 aliphatic heterocycles. The molecule has 0 saturated heterocycles. The Morgan fingerprint density at radius 3 is 2.81 bits per heavy atom. The van der Waals surface area contributed by atoms with Crippen molar-refractivity contribution in [2.45, 2.75) is 6.42 Å². The number of fused-ring (bicyclic) bond motifs is 1. The van der Waals surface area contributed by atoms with Gasteiger partial charge >= 0.3 is 5.97 Å². The lowest BCUT2D eigenvalue weighted by atomic mass is 9.88. The summed E-state index contributed by atoms with van der Waals surface area (Å²) in [5.41, 5.74) is 1.49. The number of esters is 1. The van der Waals surface area contributed by atoms with Crippen molar-refractivity contribution in [3.05, 3.63) is 46.7 Å². The second-order valence-electron chi connectivity index (χ2n) is 3.52. The second-order valence-corrected chi connectivity index (χ2v) is 3.52. The van der Waals surface area contributed by atoms with Crippen LogP contribution in [0.1, 0.15) is 11.1 Å². The lowest BCUT2D eigenvalue weighted by molar-refractivity contribution is -0.135. The standard InChI is InChI=1S/C12H11NO3/c1-16-12(15)10-9(14)6-7-4-2-3-5-8(7)11(10)13/h2-5,13-14H,6H2,1H3. The fourth-order valence-corrected chi connectivity index (χ4v) is 1.79. The zero-order chi connectivity index (χ0) is 11.7. The van der Waals surface area contributed by atoms with Gasteiger partial charge in [0.15, 0.2) is 0 Å². The highest BCUT2D eigenvalue weighted by molar-refractivity contribution is 6.27. The quantitative estimate of drug-likeness (QED) is 0.702. The number of allylic oxidation sites excluding steroid dienone is 1. The van der Waals surface area contributed by atoms with Crippen LogP contribution in [0.4, 0.5) is 0 Å². The zero-order valence-corrected chi connectivity index (χ0v) is 8.78. The second kappa shape index (κ2) is 3.81. The van der Waals surface area contributed by atoms with E-state index in [0.717, 1.165) is 5.56 Å². The normalized spacial score (nSPS) is 14.7. The Bertz CT molecular complexity index is 503. The summed E-state index contributed by atoms with van der Waals surface area (Å²) in [7, 11) is 1.23. The minimum Gasteiger partial charge on any atom is -0.511 e. The van der Waals surface area contributed by atoms with Crippen molar-refractivity contribution in [2.75, 3.05) is 7.11 Å². The summed E-state index contributed by atoms with van der Waals surface area (Å²) < 4.78 is 4.55. The first-order chi connectivity index (χ1) is 7.65. The molecule has 82 valence electrons. The highest BCUT2D eigenvalue weighted by atomic mass is 16.5. The number of hydrogen-bond acceptors (Lipinski definition) is 4. The highest BCUT2D eigenvalue weighted by Gasteiger charge is 2.28. The molecule has 0 heterocycles. The summed E-state index contributed by atoms with van der Waals surface area (Å²) in [6, 6.07) is 7.22. The van der Waals surface area contributed by atoms with Gasteiger partial charge in [0.2, 0.25) is 0 Å². The van der Waals surface area contributed by atoms with Crippen LogP contribution >= 0.6 is 0 Å². The molecule has 0 amide bonds. The van der Waals surface area contributed by atoms with Gasteiger partial charge in [0.1, 0.15) is 11.3 Å². The number of carbonyl (C=O) groups is 1. The molecule has 0 atom stereocenters. The number of methoxy groups -OCH3 is 1. The van der Waals surface area contributed by atoms with Crippen molar-refractivity contribution in [2.24, 2.45) is 0 Å². The van der Waals surface area contributed by atoms with Gasteiger partial charge in [0.05, 0.1) is 12.8 Å². The lowest BCUT2D eigenvalue weighted by Gasteiger charge is -2.18. The summed E-state index contributed by atoms with van der Waals surface area (Å²) in [4.78, 5) is 11.4. The Morgan fingerprint density at radius 1 is 1.44 bits per heavy atom. The van der Waals surface area contributed by atoms with E-state index < -0.39 is 5.97 Å². The smallest absolute Gasteiger partial charge is 0.343 e. The summed E-state index contributed by atoms with van der Waals surface area (Å²) in [5.74, 6) is -0.771. The number of ether oxygens (including phenoxy) is 1. The fourth-order valence-electron chi connectivity index (χ4n) is 1.79. The monoisotopic (exact) mass is 217 g/mol. The molecule has 16 heavy (non-hydrogen) atoms. The van der Waals surface area contributed by atoms with Crippen LogP contribution in [0.15, 0.2) is 35.6 Å². The molecule has 2 N–H and O–H groups in total. The SMILES string of the molecule is COC(=O)C1=C(O)Cc2ccccc2C1=N. The van der Waals surface area contributed by atoms with Gasteiger partial charge in [0, 0.05) is 12.0 Å². The lowest BCUT2D eigenvalue weighted by Crippen LogP contribution is -2.23. The molecule has 1 aliphatic rings. The van der Waals surface area contributed by atoms with Gasteiger partial charge in [-0.15, -0.1) is 0 Å². The molecule has 0 spiro atoms. The zero-order valence-electron chi connectivity index (χ0n) is 8.78. The van der Waals surface area contributed by atoms with Crippen molar-refractivity contribution in [1.29, 1.82) is 5.41 Å². The third-order valence-electron chi connectivity index (χ3n) is 2.57. The van der Waals surface area contributed by atoms with Crippen molar-refractivity contribution in [3.8, 4) is 0 Å². The van der Waals surface area contributed by atoms with E-state index in [-0.39, 0.29) is 23.5 Å². The topological polar surface area (TPSA) is 70.4 Å². The van der Waals surface area contributed by atoms with Crippen LogP contribution < -0.4 is 0 Å². The Morgan fingerprint density at radius 2 is 2.12 bits per heavy atom. The maximum atomic E-state index is 11.4. The van der Waals surface area contributed by atoms with Crippen molar-refractivity contribution in [1.82, 2.24) is 0 Å². The van der Waals surface area contributed by atoms with E-state index >= 15 is 0 Å². The van der Waals surface area contributed by atoms with Crippen LogP contribution in [-0.4, -0.2) is 23.9 Å². The van der Waals surface area contributed by atoms with E-state index in [1.54, 1.807) is 12.1 Å². The van der Waals surface area contributed by atoms with Gasteiger partial charge in [-0.3, -0.25) is 5.41 Å². The first kappa shape index (κ1) is 10.4. The minimum absolute atomic E-state index is 0.0196. The molecule has 0 unspecified atom stereocenters. The van der Waals surface area contributed by atoms with Crippen molar-refractivity contribution in [3.63, 3.8) is 0 Å².